The molecule has 0 bridgehead atoms. The van der Waals surface area contributed by atoms with E-state index in [-0.39, 0.29) is 5.56 Å². The molecule has 1 aromatic rings. The van der Waals surface area contributed by atoms with E-state index in [9.17, 15) is 8.78 Å². The van der Waals surface area contributed by atoms with Gasteiger partial charge in [0.05, 0.1) is 0 Å². The molecule has 2 heteroatoms. The predicted molar refractivity (Wildman–Crippen MR) is 43.2 cm³/mol. The van der Waals surface area contributed by atoms with Crippen molar-refractivity contribution in [2.24, 2.45) is 5.92 Å². The van der Waals surface area contributed by atoms with Crippen LogP contribution in [-0.2, 0) is 12.3 Å². The van der Waals surface area contributed by atoms with Crippen LogP contribution < -0.4 is 0 Å². The van der Waals surface area contributed by atoms with Crippen molar-refractivity contribution in [2.75, 3.05) is 0 Å². The van der Waals surface area contributed by atoms with Crippen molar-refractivity contribution in [3.8, 4) is 0 Å². The molecule has 0 spiro atoms. The van der Waals surface area contributed by atoms with Crippen LogP contribution in [0.2, 0.25) is 0 Å². The van der Waals surface area contributed by atoms with Gasteiger partial charge in [-0.05, 0) is 12.0 Å². The molecule has 1 atom stereocenters. The Morgan fingerprint density at radius 2 is 2.00 bits per heavy atom. The van der Waals surface area contributed by atoms with E-state index >= 15 is 0 Å². The molecule has 0 aromatic heterocycles. The van der Waals surface area contributed by atoms with Gasteiger partial charge in [0.1, 0.15) is 0 Å². The molecule has 1 unspecified atom stereocenters. The number of halogens is 2. The van der Waals surface area contributed by atoms with Crippen molar-refractivity contribution in [3.05, 3.63) is 35.4 Å². The molecule has 64 valence electrons. The van der Waals surface area contributed by atoms with Crippen LogP contribution in [0.5, 0.6) is 0 Å². The molecular formula is C10H10F2. The molecule has 1 aliphatic carbocycles. The first-order valence-electron chi connectivity index (χ1n) is 4.08. The molecule has 1 aliphatic rings. The summed E-state index contributed by atoms with van der Waals surface area (Å²) in [4.78, 5) is 0. The van der Waals surface area contributed by atoms with Gasteiger partial charge in [0, 0.05) is 11.5 Å². The van der Waals surface area contributed by atoms with E-state index in [2.05, 4.69) is 0 Å². The fraction of sp³-hybridized carbons (Fsp3) is 0.400. The van der Waals surface area contributed by atoms with Gasteiger partial charge in [-0.3, -0.25) is 0 Å². The highest BCUT2D eigenvalue weighted by molar-refractivity contribution is 5.36. The Morgan fingerprint density at radius 3 is 2.67 bits per heavy atom. The summed E-state index contributed by atoms with van der Waals surface area (Å²) in [5, 5.41) is 0. The van der Waals surface area contributed by atoms with Gasteiger partial charge in [-0.25, -0.2) is 8.78 Å². The van der Waals surface area contributed by atoms with E-state index in [0.29, 0.717) is 6.42 Å². The number of fused-ring (bicyclic) bond motifs is 1. The lowest BCUT2D eigenvalue weighted by Gasteiger charge is -2.14. The fourth-order valence-electron chi connectivity index (χ4n) is 1.75. The summed E-state index contributed by atoms with van der Waals surface area (Å²) in [5.41, 5.74) is 1.02. The standard InChI is InChI=1S/C10H10F2/c1-7-6-8-4-2-3-5-9(8)10(7,11)12/h2-5,7H,6H2,1H3. The van der Waals surface area contributed by atoms with E-state index in [0.717, 1.165) is 5.56 Å². The van der Waals surface area contributed by atoms with Gasteiger partial charge in [-0.1, -0.05) is 31.2 Å². The van der Waals surface area contributed by atoms with Crippen molar-refractivity contribution >= 4 is 0 Å². The average molecular weight is 168 g/mol. The predicted octanol–water partition coefficient (Wildman–Crippen LogP) is 2.97. The van der Waals surface area contributed by atoms with Crippen molar-refractivity contribution < 1.29 is 8.78 Å². The SMILES string of the molecule is CC1Cc2ccccc2C1(F)F. The molecule has 0 nitrogen and oxygen atoms in total. The number of alkyl halides is 2. The second-order valence-corrected chi connectivity index (χ2v) is 3.39. The lowest BCUT2D eigenvalue weighted by atomic mass is 10.1. The topological polar surface area (TPSA) is 0 Å². The Hall–Kier alpha value is -0.920. The van der Waals surface area contributed by atoms with Gasteiger partial charge < -0.3 is 0 Å². The van der Waals surface area contributed by atoms with Gasteiger partial charge in [-0.15, -0.1) is 0 Å². The maximum absolute atomic E-state index is 13.3. The third kappa shape index (κ3) is 0.872. The first-order valence-corrected chi connectivity index (χ1v) is 4.08. The van der Waals surface area contributed by atoms with E-state index in [1.165, 1.54) is 6.07 Å². The number of hydrogen-bond acceptors (Lipinski definition) is 0. The molecule has 0 radical (unpaired) electrons. The molecule has 0 N–H and O–H groups in total. The number of benzene rings is 1. The Bertz CT molecular complexity index is 304. The number of hydrogen-bond donors (Lipinski definition) is 0. The van der Waals surface area contributed by atoms with E-state index in [1.54, 1.807) is 19.1 Å². The minimum absolute atomic E-state index is 0.220. The monoisotopic (exact) mass is 168 g/mol. The van der Waals surface area contributed by atoms with Gasteiger partial charge in [0.2, 0.25) is 0 Å². The third-order valence-electron chi connectivity index (χ3n) is 2.52. The van der Waals surface area contributed by atoms with Crippen molar-refractivity contribution in [1.82, 2.24) is 0 Å². The summed E-state index contributed by atoms with van der Waals surface area (Å²) in [7, 11) is 0. The van der Waals surface area contributed by atoms with Gasteiger partial charge >= 0.3 is 0 Å². The summed E-state index contributed by atoms with van der Waals surface area (Å²) in [5.74, 6) is -3.16. The van der Waals surface area contributed by atoms with Gasteiger partial charge in [0.15, 0.2) is 0 Å². The van der Waals surface area contributed by atoms with Crippen molar-refractivity contribution in [3.63, 3.8) is 0 Å². The minimum atomic E-state index is -2.61. The Labute approximate surface area is 70.2 Å². The zero-order chi connectivity index (χ0) is 8.77. The van der Waals surface area contributed by atoms with E-state index in [4.69, 9.17) is 0 Å². The minimum Gasteiger partial charge on any atom is -0.201 e. The van der Waals surface area contributed by atoms with Crippen LogP contribution in [0, 0.1) is 5.92 Å². The molecular weight excluding hydrogens is 158 g/mol. The molecule has 0 heterocycles. The highest BCUT2D eigenvalue weighted by Crippen LogP contribution is 2.45. The third-order valence-corrected chi connectivity index (χ3v) is 2.52. The van der Waals surface area contributed by atoms with Crippen molar-refractivity contribution in [2.45, 2.75) is 19.3 Å². The highest BCUT2D eigenvalue weighted by atomic mass is 19.3. The zero-order valence-electron chi connectivity index (χ0n) is 6.85. The molecule has 0 saturated heterocycles. The van der Waals surface area contributed by atoms with E-state index < -0.39 is 11.8 Å². The Kier molecular flexibility index (Phi) is 1.47. The van der Waals surface area contributed by atoms with Crippen LogP contribution in [0.4, 0.5) is 8.78 Å². The van der Waals surface area contributed by atoms with Crippen LogP contribution in [0.15, 0.2) is 24.3 Å². The maximum atomic E-state index is 13.3. The lowest BCUT2D eigenvalue weighted by molar-refractivity contribution is -0.0450. The highest BCUT2D eigenvalue weighted by Gasteiger charge is 2.45. The first kappa shape index (κ1) is 7.71. The van der Waals surface area contributed by atoms with Crippen LogP contribution in [0.25, 0.3) is 0 Å². The molecule has 12 heavy (non-hydrogen) atoms. The fourth-order valence-corrected chi connectivity index (χ4v) is 1.75. The largest absolute Gasteiger partial charge is 0.276 e. The molecule has 0 aliphatic heterocycles. The summed E-state index contributed by atoms with van der Waals surface area (Å²) in [6.45, 7) is 1.60. The molecule has 1 aromatic carbocycles. The summed E-state index contributed by atoms with van der Waals surface area (Å²) >= 11 is 0. The Balaban J connectivity index is 2.55. The van der Waals surface area contributed by atoms with Gasteiger partial charge in [-0.2, -0.15) is 0 Å². The quantitative estimate of drug-likeness (QED) is 0.558. The number of rotatable bonds is 0. The van der Waals surface area contributed by atoms with E-state index in [1.807, 2.05) is 6.07 Å². The second kappa shape index (κ2) is 2.28. The first-order chi connectivity index (χ1) is 5.62. The van der Waals surface area contributed by atoms with Crippen LogP contribution in [0.1, 0.15) is 18.1 Å². The van der Waals surface area contributed by atoms with Crippen LogP contribution in [0.3, 0.4) is 0 Å². The Morgan fingerprint density at radius 1 is 1.33 bits per heavy atom. The van der Waals surface area contributed by atoms with Crippen molar-refractivity contribution in [1.29, 1.82) is 0 Å². The zero-order valence-corrected chi connectivity index (χ0v) is 6.85. The lowest BCUT2D eigenvalue weighted by Crippen LogP contribution is -2.17. The maximum Gasteiger partial charge on any atom is 0.276 e. The van der Waals surface area contributed by atoms with Crippen LogP contribution in [-0.4, -0.2) is 0 Å². The molecule has 0 saturated carbocycles. The summed E-state index contributed by atoms with van der Waals surface area (Å²) < 4.78 is 26.7. The van der Waals surface area contributed by atoms with Gasteiger partial charge in [0.25, 0.3) is 5.92 Å². The normalized spacial score (nSPS) is 25.4. The second-order valence-electron chi connectivity index (χ2n) is 3.39. The average Bonchev–Trinajstić information content (AvgIpc) is 2.25. The molecule has 0 amide bonds. The molecule has 2 rings (SSSR count). The summed E-state index contributed by atoms with van der Waals surface area (Å²) in [6.07, 6.45) is 0.503. The molecule has 0 fully saturated rings. The smallest absolute Gasteiger partial charge is 0.201 e. The van der Waals surface area contributed by atoms with Crippen LogP contribution >= 0.6 is 0 Å². The summed E-state index contributed by atoms with van der Waals surface area (Å²) in [6, 6.07) is 6.79.